The van der Waals surface area contributed by atoms with E-state index in [0.717, 1.165) is 23.0 Å². The van der Waals surface area contributed by atoms with Gasteiger partial charge in [0, 0.05) is 5.56 Å². The first kappa shape index (κ1) is 15.2. The molecule has 0 saturated carbocycles. The van der Waals surface area contributed by atoms with Gasteiger partial charge in [0.15, 0.2) is 0 Å². The molecule has 0 aliphatic heterocycles. The molecule has 0 spiro atoms. The quantitative estimate of drug-likeness (QED) is 0.748. The topological polar surface area (TPSA) is 94.8 Å². The van der Waals surface area contributed by atoms with E-state index < -0.39 is 6.16 Å². The Kier molecular flexibility index (Phi) is 5.77. The summed E-state index contributed by atoms with van der Waals surface area (Å²) in [5.41, 5.74) is 2.80. The van der Waals surface area contributed by atoms with Crippen molar-refractivity contribution in [2.75, 3.05) is 0 Å². The summed E-state index contributed by atoms with van der Waals surface area (Å²) in [7, 11) is 0. The number of phenolic OH excluding ortho intramolecular Hbond substituents is 1. The van der Waals surface area contributed by atoms with Crippen LogP contribution in [-0.4, -0.2) is 27.8 Å². The van der Waals surface area contributed by atoms with E-state index in [9.17, 15) is 4.79 Å². The highest BCUT2D eigenvalue weighted by molar-refractivity contribution is 5.77. The number of aromatic hydroxyl groups is 1. The molecule has 104 valence electrons. The molecule has 0 radical (unpaired) electrons. The van der Waals surface area contributed by atoms with Crippen molar-refractivity contribution < 1.29 is 24.9 Å². The van der Waals surface area contributed by atoms with Gasteiger partial charge < -0.3 is 15.3 Å². The summed E-state index contributed by atoms with van der Waals surface area (Å²) in [4.78, 5) is 19.4. The van der Waals surface area contributed by atoms with Crippen LogP contribution in [0.2, 0.25) is 0 Å². The second-order valence-electron chi connectivity index (χ2n) is 3.94. The average Bonchev–Trinajstić information content (AvgIpc) is 2.41. The summed E-state index contributed by atoms with van der Waals surface area (Å²) >= 11 is 0. The van der Waals surface area contributed by atoms with Gasteiger partial charge >= 0.3 is 6.16 Å². The van der Waals surface area contributed by atoms with Crippen LogP contribution in [0, 0.1) is 0 Å². The van der Waals surface area contributed by atoms with E-state index in [0.29, 0.717) is 6.42 Å². The fraction of sp³-hybridized carbons (Fsp3) is 0.0667. The molecule has 5 heteroatoms. The molecule has 20 heavy (non-hydrogen) atoms. The lowest BCUT2D eigenvalue weighted by atomic mass is 10.0. The number of benzene rings is 2. The van der Waals surface area contributed by atoms with E-state index in [2.05, 4.69) is 0 Å². The van der Waals surface area contributed by atoms with Crippen molar-refractivity contribution in [1.82, 2.24) is 0 Å². The van der Waals surface area contributed by atoms with Crippen LogP contribution in [0.4, 0.5) is 4.79 Å². The molecule has 0 aliphatic carbocycles. The Bertz CT molecular complexity index is 571. The molecule has 5 nitrogen and oxygen atoms in total. The highest BCUT2D eigenvalue weighted by Crippen LogP contribution is 2.15. The molecule has 2 aromatic rings. The Morgan fingerprint density at radius 3 is 2.10 bits per heavy atom. The minimum Gasteiger partial charge on any atom is -0.508 e. The van der Waals surface area contributed by atoms with E-state index in [4.69, 9.17) is 20.1 Å². The Labute approximate surface area is 115 Å². The van der Waals surface area contributed by atoms with Crippen LogP contribution in [-0.2, 0) is 6.42 Å². The summed E-state index contributed by atoms with van der Waals surface area (Å²) in [6, 6.07) is 14.5. The average molecular weight is 274 g/mol. The molecule has 0 heterocycles. The molecule has 0 amide bonds. The Morgan fingerprint density at radius 1 is 1.00 bits per heavy atom. The maximum absolute atomic E-state index is 10.8. The van der Waals surface area contributed by atoms with Crippen LogP contribution in [0.15, 0.2) is 48.5 Å². The lowest BCUT2D eigenvalue weighted by Crippen LogP contribution is -1.93. The maximum Gasteiger partial charge on any atom is 0.503 e. The molecule has 2 aromatic carbocycles. The summed E-state index contributed by atoms with van der Waals surface area (Å²) < 4.78 is 0. The van der Waals surface area contributed by atoms with Crippen molar-refractivity contribution in [3.63, 3.8) is 0 Å². The highest BCUT2D eigenvalue weighted by Gasteiger charge is 2.01. The molecule has 0 saturated heterocycles. The Hall–Kier alpha value is -2.82. The molecule has 0 aliphatic rings. The number of carboxylic acid groups (broad SMARTS) is 2. The van der Waals surface area contributed by atoms with Gasteiger partial charge in [-0.15, -0.1) is 0 Å². The zero-order valence-corrected chi connectivity index (χ0v) is 10.6. The van der Waals surface area contributed by atoms with Crippen LogP contribution in [0.3, 0.4) is 0 Å². The predicted molar refractivity (Wildman–Crippen MR) is 73.4 cm³/mol. The second kappa shape index (κ2) is 7.58. The second-order valence-corrected chi connectivity index (χ2v) is 3.94. The van der Waals surface area contributed by atoms with E-state index in [-0.39, 0.29) is 5.75 Å². The van der Waals surface area contributed by atoms with E-state index in [1.807, 2.05) is 36.4 Å². The highest BCUT2D eigenvalue weighted by atomic mass is 16.6. The predicted octanol–water partition coefficient (Wildman–Crippen LogP) is 3.02. The molecule has 0 unspecified atom stereocenters. The fourth-order valence-electron chi connectivity index (χ4n) is 1.64. The molecule has 0 aromatic heterocycles. The third-order valence-corrected chi connectivity index (χ3v) is 2.51. The number of rotatable bonds is 3. The number of carbonyl (C=O) groups is 2. The fourth-order valence-corrected chi connectivity index (χ4v) is 1.64. The van der Waals surface area contributed by atoms with Crippen molar-refractivity contribution in [2.24, 2.45) is 0 Å². The first-order valence-electron chi connectivity index (χ1n) is 5.76. The smallest absolute Gasteiger partial charge is 0.503 e. The van der Waals surface area contributed by atoms with Crippen molar-refractivity contribution >= 4 is 12.4 Å². The first-order valence-corrected chi connectivity index (χ1v) is 5.76. The Balaban J connectivity index is 0.000000444. The molecular formula is C15H14O5. The minimum absolute atomic E-state index is 0.257. The maximum atomic E-state index is 10.8. The van der Waals surface area contributed by atoms with Gasteiger partial charge in [-0.25, -0.2) is 4.79 Å². The summed E-state index contributed by atoms with van der Waals surface area (Å²) in [6.45, 7) is 0. The van der Waals surface area contributed by atoms with Crippen molar-refractivity contribution in [2.45, 2.75) is 6.42 Å². The standard InChI is InChI=1S/C14H12O2.CH2O3/c15-10-13-4-2-1-3-12(13)9-11-5-7-14(16)8-6-11;2-1(3)4/h1-8,10,16H,9H2;(H2,2,3,4). The van der Waals surface area contributed by atoms with Crippen LogP contribution in [0.25, 0.3) is 0 Å². The van der Waals surface area contributed by atoms with Gasteiger partial charge in [0.25, 0.3) is 0 Å². The number of hydrogen-bond donors (Lipinski definition) is 3. The van der Waals surface area contributed by atoms with Gasteiger partial charge in [-0.1, -0.05) is 36.4 Å². The lowest BCUT2D eigenvalue weighted by molar-refractivity contribution is 0.112. The number of hydrogen-bond acceptors (Lipinski definition) is 3. The van der Waals surface area contributed by atoms with Gasteiger partial charge in [0.1, 0.15) is 12.0 Å². The van der Waals surface area contributed by atoms with Crippen molar-refractivity contribution in [3.05, 3.63) is 65.2 Å². The first-order chi connectivity index (χ1) is 9.52. The molecule has 0 bridgehead atoms. The van der Waals surface area contributed by atoms with Crippen molar-refractivity contribution in [1.29, 1.82) is 0 Å². The van der Waals surface area contributed by atoms with Crippen LogP contribution >= 0.6 is 0 Å². The molecule has 0 atom stereocenters. The van der Waals surface area contributed by atoms with E-state index >= 15 is 0 Å². The lowest BCUT2D eigenvalue weighted by Gasteiger charge is -2.04. The molecular weight excluding hydrogens is 260 g/mol. The third-order valence-electron chi connectivity index (χ3n) is 2.51. The zero-order chi connectivity index (χ0) is 15.0. The number of phenols is 1. The summed E-state index contributed by atoms with van der Waals surface area (Å²) in [6.07, 6.45) is -0.259. The monoisotopic (exact) mass is 274 g/mol. The van der Waals surface area contributed by atoms with Crippen LogP contribution in [0.1, 0.15) is 21.5 Å². The van der Waals surface area contributed by atoms with Gasteiger partial charge in [-0.05, 0) is 29.7 Å². The number of aldehydes is 1. The van der Waals surface area contributed by atoms with Crippen molar-refractivity contribution in [3.8, 4) is 5.75 Å². The van der Waals surface area contributed by atoms with Crippen LogP contribution < -0.4 is 0 Å². The molecule has 3 N–H and O–H groups in total. The van der Waals surface area contributed by atoms with E-state index in [1.165, 1.54) is 0 Å². The SMILES string of the molecule is O=C(O)O.O=Cc1ccccc1Cc1ccc(O)cc1. The largest absolute Gasteiger partial charge is 0.508 e. The van der Waals surface area contributed by atoms with Crippen LogP contribution in [0.5, 0.6) is 5.75 Å². The normalized spacial score (nSPS) is 9.20. The Morgan fingerprint density at radius 2 is 1.55 bits per heavy atom. The van der Waals surface area contributed by atoms with Gasteiger partial charge in [0.05, 0.1) is 0 Å². The van der Waals surface area contributed by atoms with Gasteiger partial charge in [-0.3, -0.25) is 4.79 Å². The van der Waals surface area contributed by atoms with E-state index in [1.54, 1.807) is 12.1 Å². The zero-order valence-electron chi connectivity index (χ0n) is 10.6. The molecule has 0 fully saturated rings. The summed E-state index contributed by atoms with van der Waals surface area (Å²) in [5.74, 6) is 0.257. The minimum atomic E-state index is -1.83. The van der Waals surface area contributed by atoms with Gasteiger partial charge in [0.2, 0.25) is 0 Å². The number of carbonyl (C=O) groups excluding carboxylic acids is 1. The molecule has 2 rings (SSSR count). The third kappa shape index (κ3) is 5.22. The van der Waals surface area contributed by atoms with Gasteiger partial charge in [-0.2, -0.15) is 0 Å². The summed E-state index contributed by atoms with van der Waals surface area (Å²) in [5, 5.41) is 23.1.